The van der Waals surface area contributed by atoms with Gasteiger partial charge in [-0.3, -0.25) is 4.79 Å². The van der Waals surface area contributed by atoms with Crippen LogP contribution in [0.15, 0.2) is 12.1 Å². The maximum atomic E-state index is 10.6. The molecule has 0 radical (unpaired) electrons. The number of ether oxygens (including phenoxy) is 1. The Balaban J connectivity index is 2.93. The second-order valence-corrected chi connectivity index (χ2v) is 4.83. The van der Waals surface area contributed by atoms with Gasteiger partial charge in [0, 0.05) is 18.0 Å². The van der Waals surface area contributed by atoms with E-state index in [-0.39, 0.29) is 12.5 Å². The molecule has 106 valence electrons. The molecule has 2 N–H and O–H groups in total. The Kier molecular flexibility index (Phi) is 5.83. The normalized spacial score (nSPS) is 12.2. The van der Waals surface area contributed by atoms with E-state index in [0.29, 0.717) is 6.42 Å². The largest absolute Gasteiger partial charge is 0.496 e. The highest BCUT2D eigenvalue weighted by molar-refractivity contribution is 5.66. The van der Waals surface area contributed by atoms with E-state index in [1.54, 1.807) is 7.11 Å². The van der Waals surface area contributed by atoms with Crippen molar-refractivity contribution < 1.29 is 14.6 Å². The minimum absolute atomic E-state index is 0.118. The number of methoxy groups -OCH3 is 1. The van der Waals surface area contributed by atoms with Gasteiger partial charge in [-0.05, 0) is 39.3 Å². The van der Waals surface area contributed by atoms with Gasteiger partial charge in [0.05, 0.1) is 7.11 Å². The lowest BCUT2D eigenvalue weighted by Crippen LogP contribution is -2.18. The number of aliphatic carboxylic acids is 1. The van der Waals surface area contributed by atoms with Crippen LogP contribution in [0.25, 0.3) is 0 Å². The molecule has 0 saturated carbocycles. The van der Waals surface area contributed by atoms with Gasteiger partial charge in [0.15, 0.2) is 0 Å². The van der Waals surface area contributed by atoms with E-state index < -0.39 is 5.97 Å². The van der Waals surface area contributed by atoms with Gasteiger partial charge in [-0.1, -0.05) is 17.7 Å². The molecule has 0 aliphatic carbocycles. The molecule has 1 atom stereocenters. The van der Waals surface area contributed by atoms with Crippen molar-refractivity contribution in [2.45, 2.75) is 39.2 Å². The minimum atomic E-state index is -0.748. The molecule has 0 bridgehead atoms. The van der Waals surface area contributed by atoms with E-state index in [4.69, 9.17) is 9.84 Å². The molecule has 1 aromatic carbocycles. The fraction of sp³-hybridized carbons (Fsp3) is 0.533. The first kappa shape index (κ1) is 15.5. The average molecular weight is 265 g/mol. The van der Waals surface area contributed by atoms with E-state index in [1.165, 1.54) is 5.56 Å². The molecule has 19 heavy (non-hydrogen) atoms. The van der Waals surface area contributed by atoms with Gasteiger partial charge in [-0.25, -0.2) is 0 Å². The Morgan fingerprint density at radius 2 is 2.11 bits per heavy atom. The molecular weight excluding hydrogens is 242 g/mol. The summed E-state index contributed by atoms with van der Waals surface area (Å²) in [5, 5.41) is 12.0. The maximum Gasteiger partial charge on any atom is 0.303 e. The van der Waals surface area contributed by atoms with Crippen LogP contribution in [0.3, 0.4) is 0 Å². The van der Waals surface area contributed by atoms with Gasteiger partial charge in [-0.2, -0.15) is 0 Å². The van der Waals surface area contributed by atoms with E-state index in [0.717, 1.165) is 23.3 Å². The van der Waals surface area contributed by atoms with Crippen LogP contribution >= 0.6 is 0 Å². The summed E-state index contributed by atoms with van der Waals surface area (Å²) in [6.07, 6.45) is 1.63. The van der Waals surface area contributed by atoms with Gasteiger partial charge in [0.25, 0.3) is 0 Å². The van der Waals surface area contributed by atoms with Crippen LogP contribution in [-0.4, -0.2) is 25.2 Å². The molecular formula is C15H23NO3. The van der Waals surface area contributed by atoms with Gasteiger partial charge in [0.2, 0.25) is 0 Å². The van der Waals surface area contributed by atoms with Crippen LogP contribution in [-0.2, 0) is 4.79 Å². The zero-order valence-electron chi connectivity index (χ0n) is 12.1. The van der Waals surface area contributed by atoms with Crippen LogP contribution in [0, 0.1) is 13.8 Å². The predicted molar refractivity (Wildman–Crippen MR) is 75.8 cm³/mol. The van der Waals surface area contributed by atoms with Crippen LogP contribution in [0.5, 0.6) is 5.75 Å². The maximum absolute atomic E-state index is 10.6. The van der Waals surface area contributed by atoms with Gasteiger partial charge < -0.3 is 15.2 Å². The number of hydrogen-bond acceptors (Lipinski definition) is 3. The molecule has 0 fully saturated rings. The number of carbonyl (C=O) groups is 1. The van der Waals surface area contributed by atoms with Crippen molar-refractivity contribution in [2.75, 3.05) is 14.2 Å². The Morgan fingerprint density at radius 3 is 2.63 bits per heavy atom. The quantitative estimate of drug-likeness (QED) is 0.796. The molecule has 0 heterocycles. The lowest BCUT2D eigenvalue weighted by Gasteiger charge is -2.21. The summed E-state index contributed by atoms with van der Waals surface area (Å²) in [5.41, 5.74) is 3.40. The molecule has 0 saturated heterocycles. The average Bonchev–Trinajstić information content (AvgIpc) is 2.33. The molecule has 1 aromatic rings. The van der Waals surface area contributed by atoms with Crippen LogP contribution < -0.4 is 10.1 Å². The van der Waals surface area contributed by atoms with Crippen molar-refractivity contribution in [1.82, 2.24) is 5.32 Å². The van der Waals surface area contributed by atoms with Crippen molar-refractivity contribution in [3.63, 3.8) is 0 Å². The van der Waals surface area contributed by atoms with E-state index in [9.17, 15) is 4.79 Å². The number of benzene rings is 1. The van der Waals surface area contributed by atoms with Gasteiger partial charge in [-0.15, -0.1) is 0 Å². The summed E-state index contributed by atoms with van der Waals surface area (Å²) >= 11 is 0. The van der Waals surface area contributed by atoms with Crippen LogP contribution in [0.4, 0.5) is 0 Å². The van der Waals surface area contributed by atoms with E-state index >= 15 is 0 Å². The number of rotatable bonds is 7. The number of hydrogen-bond donors (Lipinski definition) is 2. The molecule has 1 unspecified atom stereocenters. The molecule has 0 aliphatic rings. The molecule has 0 aromatic heterocycles. The Hall–Kier alpha value is -1.55. The summed E-state index contributed by atoms with van der Waals surface area (Å²) in [6, 6.07) is 4.31. The fourth-order valence-corrected chi connectivity index (χ4v) is 2.44. The lowest BCUT2D eigenvalue weighted by atomic mass is 9.96. The first-order chi connectivity index (χ1) is 8.99. The highest BCUT2D eigenvalue weighted by Crippen LogP contribution is 2.32. The summed E-state index contributed by atoms with van der Waals surface area (Å²) in [4.78, 5) is 10.6. The van der Waals surface area contributed by atoms with Crippen molar-refractivity contribution in [3.05, 3.63) is 28.8 Å². The van der Waals surface area contributed by atoms with Crippen LogP contribution in [0.1, 0.15) is 42.0 Å². The summed E-state index contributed by atoms with van der Waals surface area (Å²) in [6.45, 7) is 4.08. The lowest BCUT2D eigenvalue weighted by molar-refractivity contribution is -0.137. The number of aryl methyl sites for hydroxylation is 2. The zero-order valence-corrected chi connectivity index (χ0v) is 12.1. The Morgan fingerprint density at radius 1 is 1.42 bits per heavy atom. The topological polar surface area (TPSA) is 58.6 Å². The van der Waals surface area contributed by atoms with Crippen molar-refractivity contribution in [1.29, 1.82) is 0 Å². The van der Waals surface area contributed by atoms with Gasteiger partial charge >= 0.3 is 5.97 Å². The monoisotopic (exact) mass is 265 g/mol. The second kappa shape index (κ2) is 7.14. The van der Waals surface area contributed by atoms with Crippen LogP contribution in [0.2, 0.25) is 0 Å². The highest BCUT2D eigenvalue weighted by Gasteiger charge is 2.17. The van der Waals surface area contributed by atoms with Crippen molar-refractivity contribution >= 4 is 5.97 Å². The highest BCUT2D eigenvalue weighted by atomic mass is 16.5. The van der Waals surface area contributed by atoms with E-state index in [1.807, 2.05) is 14.0 Å². The fourth-order valence-electron chi connectivity index (χ4n) is 2.44. The number of nitrogens with one attached hydrogen (secondary N) is 1. The van der Waals surface area contributed by atoms with Gasteiger partial charge in [0.1, 0.15) is 5.75 Å². The van der Waals surface area contributed by atoms with Crippen molar-refractivity contribution in [2.24, 2.45) is 0 Å². The molecule has 4 nitrogen and oxygen atoms in total. The third kappa shape index (κ3) is 4.24. The van der Waals surface area contributed by atoms with Crippen molar-refractivity contribution in [3.8, 4) is 5.75 Å². The predicted octanol–water partition coefficient (Wildman–Crippen LogP) is 2.83. The standard InChI is InChI=1S/C15H23NO3/c1-10-8-11(2)15(19-4)12(9-10)13(16-3)6-5-7-14(17)18/h8-9,13,16H,5-7H2,1-4H3,(H,17,18). The third-order valence-corrected chi connectivity index (χ3v) is 3.26. The SMILES string of the molecule is CNC(CCCC(=O)O)c1cc(C)cc(C)c1OC. The zero-order chi connectivity index (χ0) is 14.4. The molecule has 0 amide bonds. The Labute approximate surface area is 114 Å². The summed E-state index contributed by atoms with van der Waals surface area (Å²) in [5.74, 6) is 0.141. The molecule has 4 heteroatoms. The second-order valence-electron chi connectivity index (χ2n) is 4.83. The first-order valence-corrected chi connectivity index (χ1v) is 6.53. The number of carboxylic acid groups (broad SMARTS) is 1. The van der Waals surface area contributed by atoms with E-state index in [2.05, 4.69) is 24.4 Å². The summed E-state index contributed by atoms with van der Waals surface area (Å²) in [7, 11) is 3.56. The molecule has 1 rings (SSSR count). The molecule has 0 spiro atoms. The Bertz CT molecular complexity index is 443. The first-order valence-electron chi connectivity index (χ1n) is 6.53. The smallest absolute Gasteiger partial charge is 0.303 e. The number of carboxylic acids is 1. The third-order valence-electron chi connectivity index (χ3n) is 3.26. The molecule has 0 aliphatic heterocycles. The minimum Gasteiger partial charge on any atom is -0.496 e. The summed E-state index contributed by atoms with van der Waals surface area (Å²) < 4.78 is 5.49.